The third-order valence-electron chi connectivity index (χ3n) is 3.37. The Balaban J connectivity index is 2.54. The number of aryl methyl sites for hydroxylation is 2. The molecule has 2 N–H and O–H groups in total. The number of aromatic hydroxyl groups is 2. The number of benzene rings is 2. The van der Waals surface area contributed by atoms with E-state index in [2.05, 4.69) is 0 Å². The highest BCUT2D eigenvalue weighted by atomic mass is 16.3. The minimum absolute atomic E-state index is 0.118. The van der Waals surface area contributed by atoms with E-state index < -0.39 is 0 Å². The fourth-order valence-corrected chi connectivity index (χ4v) is 2.30. The van der Waals surface area contributed by atoms with Gasteiger partial charge < -0.3 is 14.6 Å². The summed E-state index contributed by atoms with van der Waals surface area (Å²) in [6.07, 6.45) is 0. The fraction of sp³-hybridized carbons (Fsp3) is 0.133. The Labute approximate surface area is 108 Å². The first-order valence-electron chi connectivity index (χ1n) is 5.87. The summed E-state index contributed by atoms with van der Waals surface area (Å²) in [5, 5.41) is 20.1. The molecule has 2 aliphatic rings. The Hall–Kier alpha value is -2.49. The maximum absolute atomic E-state index is 11.5. The van der Waals surface area contributed by atoms with Crippen LogP contribution in [-0.2, 0) is 0 Å². The molecule has 19 heavy (non-hydrogen) atoms. The molecule has 0 unspecified atom stereocenters. The second-order valence-electron chi connectivity index (χ2n) is 4.68. The molecule has 0 amide bonds. The van der Waals surface area contributed by atoms with E-state index >= 15 is 0 Å². The molecule has 1 aliphatic heterocycles. The van der Waals surface area contributed by atoms with Gasteiger partial charge in [0.2, 0.25) is 0 Å². The van der Waals surface area contributed by atoms with Gasteiger partial charge in [-0.2, -0.15) is 0 Å². The van der Waals surface area contributed by atoms with Gasteiger partial charge in [-0.15, -0.1) is 0 Å². The summed E-state index contributed by atoms with van der Waals surface area (Å²) in [6.45, 7) is 3.54. The molecule has 1 aromatic rings. The average molecular weight is 256 g/mol. The predicted octanol–water partition coefficient (Wildman–Crippen LogP) is 2.93. The third-order valence-corrected chi connectivity index (χ3v) is 3.37. The van der Waals surface area contributed by atoms with Crippen LogP contribution in [0.4, 0.5) is 0 Å². The number of rotatable bonds is 0. The van der Waals surface area contributed by atoms with Crippen molar-refractivity contribution < 1.29 is 14.6 Å². The zero-order valence-corrected chi connectivity index (χ0v) is 10.5. The molecule has 1 aliphatic carbocycles. The monoisotopic (exact) mass is 256 g/mol. The van der Waals surface area contributed by atoms with Crippen LogP contribution in [0.5, 0.6) is 11.5 Å². The van der Waals surface area contributed by atoms with Crippen molar-refractivity contribution in [1.82, 2.24) is 0 Å². The molecule has 1 heterocycles. The van der Waals surface area contributed by atoms with Gasteiger partial charge in [0.05, 0.1) is 0 Å². The van der Waals surface area contributed by atoms with E-state index in [1.807, 2.05) is 13.0 Å². The Kier molecular flexibility index (Phi) is 2.29. The molecule has 0 radical (unpaired) electrons. The predicted molar refractivity (Wildman–Crippen MR) is 71.9 cm³/mol. The quantitative estimate of drug-likeness (QED) is 0.479. The Morgan fingerprint density at radius 2 is 1.79 bits per heavy atom. The van der Waals surface area contributed by atoms with Crippen molar-refractivity contribution in [2.75, 3.05) is 0 Å². The minimum atomic E-state index is -0.233. The molecule has 0 saturated heterocycles. The normalized spacial score (nSPS) is 11.3. The van der Waals surface area contributed by atoms with E-state index in [9.17, 15) is 15.0 Å². The Bertz CT molecular complexity index is 830. The lowest BCUT2D eigenvalue weighted by atomic mass is 10.0. The molecule has 4 nitrogen and oxygen atoms in total. The lowest BCUT2D eigenvalue weighted by molar-refractivity contribution is 0.401. The van der Waals surface area contributed by atoms with Crippen molar-refractivity contribution in [3.8, 4) is 22.8 Å². The molecule has 0 atom stereocenters. The van der Waals surface area contributed by atoms with Crippen LogP contribution in [0, 0.1) is 13.8 Å². The molecule has 0 aromatic heterocycles. The van der Waals surface area contributed by atoms with Gasteiger partial charge in [-0.3, -0.25) is 4.79 Å². The van der Waals surface area contributed by atoms with Crippen LogP contribution in [0.2, 0.25) is 0 Å². The first kappa shape index (κ1) is 11.6. The summed E-state index contributed by atoms with van der Waals surface area (Å²) >= 11 is 0. The topological polar surface area (TPSA) is 70.7 Å². The van der Waals surface area contributed by atoms with Crippen LogP contribution in [0.15, 0.2) is 33.5 Å². The van der Waals surface area contributed by atoms with Crippen molar-refractivity contribution >= 4 is 11.0 Å². The van der Waals surface area contributed by atoms with Gasteiger partial charge in [-0.1, -0.05) is 0 Å². The smallest absolute Gasteiger partial charge is 0.182 e. The Morgan fingerprint density at radius 3 is 2.53 bits per heavy atom. The van der Waals surface area contributed by atoms with Crippen molar-refractivity contribution in [2.45, 2.75) is 13.8 Å². The molecule has 0 saturated carbocycles. The van der Waals surface area contributed by atoms with E-state index in [1.165, 1.54) is 12.1 Å². The van der Waals surface area contributed by atoms with Crippen LogP contribution < -0.4 is 5.43 Å². The van der Waals surface area contributed by atoms with Crippen molar-refractivity contribution in [1.29, 1.82) is 0 Å². The first-order valence-corrected chi connectivity index (χ1v) is 5.87. The molecule has 1 aromatic carbocycles. The second-order valence-corrected chi connectivity index (χ2v) is 4.68. The minimum Gasteiger partial charge on any atom is -0.504 e. The third kappa shape index (κ3) is 1.64. The number of phenolic OH excluding ortho intramolecular Hbond substituents is 2. The number of hydrogen-bond donors (Lipinski definition) is 2. The summed E-state index contributed by atoms with van der Waals surface area (Å²) in [5.41, 5.74) is 2.50. The summed E-state index contributed by atoms with van der Waals surface area (Å²) in [5.74, 6) is 0.0882. The maximum atomic E-state index is 11.5. The lowest BCUT2D eigenvalue weighted by Gasteiger charge is -2.12. The summed E-state index contributed by atoms with van der Waals surface area (Å²) in [7, 11) is 0. The highest BCUT2D eigenvalue weighted by molar-refractivity contribution is 5.89. The average Bonchev–Trinajstić information content (AvgIpc) is 2.34. The first-order chi connectivity index (χ1) is 8.97. The second kappa shape index (κ2) is 3.75. The molecule has 4 heteroatoms. The van der Waals surface area contributed by atoms with Crippen LogP contribution in [0.3, 0.4) is 0 Å². The molecule has 0 spiro atoms. The van der Waals surface area contributed by atoms with Gasteiger partial charge >= 0.3 is 0 Å². The maximum Gasteiger partial charge on any atom is 0.182 e. The summed E-state index contributed by atoms with van der Waals surface area (Å²) in [4.78, 5) is 11.5. The van der Waals surface area contributed by atoms with Crippen molar-refractivity contribution in [3.05, 3.63) is 45.6 Å². The van der Waals surface area contributed by atoms with Gasteiger partial charge in [-0.25, -0.2) is 0 Å². The van der Waals surface area contributed by atoms with Crippen LogP contribution in [0.25, 0.3) is 22.3 Å². The standard InChI is InChI=1S/C15H12O4/c1-7-3-9(16)4-13-10(7)5-11-8(2)15(18)12(17)6-14(11)19-13/h3-6,17-18H,1-2H3. The van der Waals surface area contributed by atoms with Crippen LogP contribution >= 0.6 is 0 Å². The zero-order valence-electron chi connectivity index (χ0n) is 10.5. The molecular weight excluding hydrogens is 244 g/mol. The molecule has 3 rings (SSSR count). The van der Waals surface area contributed by atoms with Crippen LogP contribution in [0.1, 0.15) is 11.1 Å². The lowest BCUT2D eigenvalue weighted by Crippen LogP contribution is -2.01. The van der Waals surface area contributed by atoms with E-state index in [-0.39, 0.29) is 16.9 Å². The van der Waals surface area contributed by atoms with Gasteiger partial charge in [0, 0.05) is 28.6 Å². The zero-order chi connectivity index (χ0) is 13.7. The van der Waals surface area contributed by atoms with E-state index in [1.54, 1.807) is 13.0 Å². The fourth-order valence-electron chi connectivity index (χ4n) is 2.30. The van der Waals surface area contributed by atoms with Gasteiger partial charge in [0.25, 0.3) is 0 Å². The van der Waals surface area contributed by atoms with Crippen molar-refractivity contribution in [2.24, 2.45) is 0 Å². The van der Waals surface area contributed by atoms with Gasteiger partial charge in [0.1, 0.15) is 11.3 Å². The van der Waals surface area contributed by atoms with Gasteiger partial charge in [-0.05, 0) is 31.5 Å². The van der Waals surface area contributed by atoms with E-state index in [4.69, 9.17) is 4.42 Å². The number of fused-ring (bicyclic) bond motifs is 2. The molecular formula is C15H12O4. The van der Waals surface area contributed by atoms with Gasteiger partial charge in [0.15, 0.2) is 16.9 Å². The number of hydrogen-bond acceptors (Lipinski definition) is 4. The van der Waals surface area contributed by atoms with E-state index in [0.29, 0.717) is 22.3 Å². The largest absolute Gasteiger partial charge is 0.504 e. The summed E-state index contributed by atoms with van der Waals surface area (Å²) in [6, 6.07) is 6.17. The van der Waals surface area contributed by atoms with Crippen LogP contribution in [-0.4, -0.2) is 10.2 Å². The molecule has 0 bridgehead atoms. The van der Waals surface area contributed by atoms with Crippen molar-refractivity contribution in [3.63, 3.8) is 0 Å². The molecule has 96 valence electrons. The highest BCUT2D eigenvalue weighted by Gasteiger charge is 2.15. The highest BCUT2D eigenvalue weighted by Crippen LogP contribution is 2.38. The molecule has 0 fully saturated rings. The number of phenols is 2. The SMILES string of the molecule is Cc1cc(=O)cc2oc3cc(O)c(O)c(C)c3cc1-2. The Morgan fingerprint density at radius 1 is 1.05 bits per heavy atom. The summed E-state index contributed by atoms with van der Waals surface area (Å²) < 4.78 is 5.65. The van der Waals surface area contributed by atoms with E-state index in [0.717, 1.165) is 11.1 Å².